The second kappa shape index (κ2) is 7.16. The van der Waals surface area contributed by atoms with Gasteiger partial charge in [-0.3, -0.25) is 19.7 Å². The molecule has 0 saturated carbocycles. The van der Waals surface area contributed by atoms with Crippen molar-refractivity contribution in [1.29, 1.82) is 0 Å². The van der Waals surface area contributed by atoms with Gasteiger partial charge >= 0.3 is 0 Å². The van der Waals surface area contributed by atoms with E-state index in [9.17, 15) is 24.6 Å². The van der Waals surface area contributed by atoms with E-state index in [0.29, 0.717) is 36.0 Å². The van der Waals surface area contributed by atoms with Gasteiger partial charge in [0.25, 0.3) is 5.24 Å². The number of benzene rings is 2. The SMILES string of the molecule is O=C1NC(=O)C(Cc2ccc3c(c2)C(=O)C(=Cc2ccc(O)c(O)c2)CC3)S1. The number of carbonyl (C=O) groups excluding carboxylic acids is 3. The fraction of sp³-hybridized carbons (Fsp3) is 0.190. The predicted octanol–water partition coefficient (Wildman–Crippen LogP) is 3.20. The van der Waals surface area contributed by atoms with Crippen molar-refractivity contribution < 1.29 is 24.6 Å². The second-order valence-electron chi connectivity index (χ2n) is 6.83. The monoisotopic (exact) mass is 395 g/mol. The molecule has 1 saturated heterocycles. The molecule has 2 aromatic rings. The van der Waals surface area contributed by atoms with Gasteiger partial charge in [0.15, 0.2) is 17.3 Å². The van der Waals surface area contributed by atoms with Crippen molar-refractivity contribution in [2.24, 2.45) is 0 Å². The lowest BCUT2D eigenvalue weighted by atomic mass is 9.84. The van der Waals surface area contributed by atoms with Crippen LogP contribution in [-0.4, -0.2) is 32.4 Å². The fourth-order valence-electron chi connectivity index (χ4n) is 3.45. The number of allylic oxidation sites excluding steroid dienone is 1. The van der Waals surface area contributed by atoms with Crippen LogP contribution in [0.4, 0.5) is 4.79 Å². The van der Waals surface area contributed by atoms with Crippen molar-refractivity contribution >= 4 is 34.8 Å². The molecule has 3 N–H and O–H groups in total. The molecule has 1 heterocycles. The summed E-state index contributed by atoms with van der Waals surface area (Å²) in [6.45, 7) is 0. The molecule has 0 aromatic heterocycles. The number of phenolic OH excluding ortho intramolecular Hbond substituents is 2. The Kier molecular flexibility index (Phi) is 4.68. The molecule has 7 heteroatoms. The number of hydrogen-bond donors (Lipinski definition) is 3. The van der Waals surface area contributed by atoms with Gasteiger partial charge in [0.2, 0.25) is 5.91 Å². The number of aryl methyl sites for hydroxylation is 1. The van der Waals surface area contributed by atoms with Gasteiger partial charge in [-0.25, -0.2) is 0 Å². The molecule has 0 radical (unpaired) electrons. The van der Waals surface area contributed by atoms with Gasteiger partial charge in [0.05, 0.1) is 5.25 Å². The van der Waals surface area contributed by atoms with E-state index < -0.39 is 5.25 Å². The molecule has 2 aromatic carbocycles. The second-order valence-corrected chi connectivity index (χ2v) is 8.00. The number of thioether (sulfide) groups is 1. The molecule has 1 aliphatic heterocycles. The highest BCUT2D eigenvalue weighted by molar-refractivity contribution is 8.15. The lowest BCUT2D eigenvalue weighted by Gasteiger charge is -2.19. The minimum absolute atomic E-state index is 0.0877. The molecular weight excluding hydrogens is 378 g/mol. The molecule has 1 unspecified atom stereocenters. The topological polar surface area (TPSA) is 104 Å². The highest BCUT2D eigenvalue weighted by Crippen LogP contribution is 2.31. The van der Waals surface area contributed by atoms with Crippen LogP contribution in [0.2, 0.25) is 0 Å². The van der Waals surface area contributed by atoms with Crippen molar-refractivity contribution in [3.8, 4) is 11.5 Å². The first-order valence-electron chi connectivity index (χ1n) is 8.81. The summed E-state index contributed by atoms with van der Waals surface area (Å²) in [6, 6.07) is 10.0. The largest absolute Gasteiger partial charge is 0.504 e. The summed E-state index contributed by atoms with van der Waals surface area (Å²) in [5.41, 5.74) is 3.65. The highest BCUT2D eigenvalue weighted by atomic mass is 32.2. The number of hydrogen-bond acceptors (Lipinski definition) is 6. The van der Waals surface area contributed by atoms with Crippen LogP contribution < -0.4 is 5.32 Å². The number of Topliss-reactive ketones (excluding diaryl/α,β-unsaturated/α-hetero) is 1. The van der Waals surface area contributed by atoms with E-state index in [1.807, 2.05) is 12.1 Å². The quantitative estimate of drug-likeness (QED) is 0.545. The van der Waals surface area contributed by atoms with Crippen LogP contribution in [0.25, 0.3) is 6.08 Å². The lowest BCUT2D eigenvalue weighted by molar-refractivity contribution is -0.118. The van der Waals surface area contributed by atoms with Crippen molar-refractivity contribution in [2.45, 2.75) is 24.5 Å². The average molecular weight is 395 g/mol. The van der Waals surface area contributed by atoms with E-state index in [-0.39, 0.29) is 28.4 Å². The standard InChI is InChI=1S/C21H17NO5S/c23-16-6-2-11(9-17(16)24)7-14-5-4-13-3-1-12(8-15(13)19(14)25)10-18-20(26)22-21(27)28-18/h1-3,6-9,18,23-24H,4-5,10H2,(H,22,26,27). The van der Waals surface area contributed by atoms with Crippen LogP contribution in [-0.2, 0) is 17.6 Å². The zero-order chi connectivity index (χ0) is 19.8. The Hall–Kier alpha value is -3.06. The molecule has 2 amide bonds. The van der Waals surface area contributed by atoms with E-state index in [1.165, 1.54) is 12.1 Å². The number of fused-ring (bicyclic) bond motifs is 1. The Bertz CT molecular complexity index is 1040. The van der Waals surface area contributed by atoms with Gasteiger partial charge in [-0.15, -0.1) is 0 Å². The molecule has 28 heavy (non-hydrogen) atoms. The summed E-state index contributed by atoms with van der Waals surface area (Å²) in [7, 11) is 0. The molecule has 0 bridgehead atoms. The molecule has 6 nitrogen and oxygen atoms in total. The van der Waals surface area contributed by atoms with Crippen LogP contribution in [0.5, 0.6) is 11.5 Å². The Morgan fingerprint density at radius 3 is 2.57 bits per heavy atom. The molecule has 142 valence electrons. The third-order valence-corrected chi connectivity index (χ3v) is 5.88. The van der Waals surface area contributed by atoms with Crippen LogP contribution in [0.1, 0.15) is 33.5 Å². The lowest BCUT2D eigenvalue weighted by Crippen LogP contribution is -2.25. The molecule has 2 aliphatic rings. The van der Waals surface area contributed by atoms with Gasteiger partial charge in [0.1, 0.15) is 0 Å². The summed E-state index contributed by atoms with van der Waals surface area (Å²) >= 11 is 0.972. The number of nitrogens with one attached hydrogen (secondary N) is 1. The predicted molar refractivity (Wildman–Crippen MR) is 105 cm³/mol. The number of amides is 2. The summed E-state index contributed by atoms with van der Waals surface area (Å²) < 4.78 is 0. The third kappa shape index (κ3) is 3.53. The Morgan fingerprint density at radius 1 is 1.04 bits per heavy atom. The van der Waals surface area contributed by atoms with Gasteiger partial charge in [-0.2, -0.15) is 0 Å². The van der Waals surface area contributed by atoms with Crippen LogP contribution in [0.15, 0.2) is 42.0 Å². The van der Waals surface area contributed by atoms with Crippen molar-refractivity contribution in [3.05, 3.63) is 64.2 Å². The number of aromatic hydroxyl groups is 2. The van der Waals surface area contributed by atoms with E-state index in [4.69, 9.17) is 0 Å². The van der Waals surface area contributed by atoms with Gasteiger partial charge in [0, 0.05) is 11.1 Å². The maximum absolute atomic E-state index is 13.0. The summed E-state index contributed by atoms with van der Waals surface area (Å²) in [5.74, 6) is -0.830. The molecular formula is C21H17NO5S. The van der Waals surface area contributed by atoms with E-state index >= 15 is 0 Å². The first-order chi connectivity index (χ1) is 13.4. The summed E-state index contributed by atoms with van der Waals surface area (Å²) in [5, 5.41) is 20.5. The maximum Gasteiger partial charge on any atom is 0.286 e. The number of carbonyl (C=O) groups is 3. The minimum Gasteiger partial charge on any atom is -0.504 e. The molecule has 1 fully saturated rings. The van der Waals surface area contributed by atoms with Crippen LogP contribution in [0, 0.1) is 0 Å². The molecule has 4 rings (SSSR count). The molecule has 0 spiro atoms. The van der Waals surface area contributed by atoms with Crippen molar-refractivity contribution in [3.63, 3.8) is 0 Å². The van der Waals surface area contributed by atoms with Gasteiger partial charge in [-0.1, -0.05) is 30.0 Å². The number of rotatable bonds is 3. The Labute approximate surface area is 165 Å². The molecule has 1 aliphatic carbocycles. The maximum atomic E-state index is 13.0. The first-order valence-corrected chi connectivity index (χ1v) is 9.69. The number of phenols is 2. The van der Waals surface area contributed by atoms with Crippen LogP contribution >= 0.6 is 11.8 Å². The highest BCUT2D eigenvalue weighted by Gasteiger charge is 2.32. The zero-order valence-electron chi connectivity index (χ0n) is 14.8. The molecule has 1 atom stereocenters. The summed E-state index contributed by atoms with van der Waals surface area (Å²) in [4.78, 5) is 36.1. The normalized spacial score (nSPS) is 20.4. The van der Waals surface area contributed by atoms with Gasteiger partial charge < -0.3 is 10.2 Å². The zero-order valence-corrected chi connectivity index (χ0v) is 15.6. The Balaban J connectivity index is 1.59. The average Bonchev–Trinajstić information content (AvgIpc) is 2.98. The Morgan fingerprint density at radius 2 is 1.86 bits per heavy atom. The van der Waals surface area contributed by atoms with Gasteiger partial charge in [-0.05, 0) is 60.2 Å². The van der Waals surface area contributed by atoms with Crippen LogP contribution in [0.3, 0.4) is 0 Å². The van der Waals surface area contributed by atoms with Crippen molar-refractivity contribution in [1.82, 2.24) is 5.32 Å². The van der Waals surface area contributed by atoms with E-state index in [2.05, 4.69) is 5.32 Å². The van der Waals surface area contributed by atoms with E-state index in [1.54, 1.807) is 18.2 Å². The summed E-state index contributed by atoms with van der Waals surface area (Å²) in [6.07, 6.45) is 3.40. The fourth-order valence-corrected chi connectivity index (χ4v) is 4.31. The third-order valence-electron chi connectivity index (χ3n) is 4.90. The first kappa shape index (κ1) is 18.3. The smallest absolute Gasteiger partial charge is 0.286 e. The number of imide groups is 1. The van der Waals surface area contributed by atoms with Crippen molar-refractivity contribution in [2.75, 3.05) is 0 Å². The minimum atomic E-state index is -0.473. The van der Waals surface area contributed by atoms with E-state index in [0.717, 1.165) is 22.9 Å². The number of ketones is 1.